The molecule has 0 spiro atoms. The molecule has 0 atom stereocenters. The Balaban J connectivity index is 2.60. The number of hydrogen-bond acceptors (Lipinski definition) is 2. The number of aromatic carboxylic acids is 1. The van der Waals surface area contributed by atoms with Crippen LogP contribution in [-0.4, -0.2) is 21.9 Å². The lowest BCUT2D eigenvalue weighted by Gasteiger charge is -2.06. The van der Waals surface area contributed by atoms with Gasteiger partial charge in [-0.2, -0.15) is 11.8 Å². The minimum Gasteiger partial charge on any atom is -0.478 e. The third-order valence-electron chi connectivity index (χ3n) is 2.84. The molecule has 1 heterocycles. The zero-order valence-electron chi connectivity index (χ0n) is 9.93. The van der Waals surface area contributed by atoms with Gasteiger partial charge in [-0.05, 0) is 37.4 Å². The molecule has 0 fully saturated rings. The highest BCUT2D eigenvalue weighted by atomic mass is 32.2. The molecule has 2 rings (SSSR count). The number of fused-ring (bicyclic) bond motifs is 1. The van der Waals surface area contributed by atoms with Crippen molar-refractivity contribution < 1.29 is 9.90 Å². The Morgan fingerprint density at radius 2 is 2.18 bits per heavy atom. The van der Waals surface area contributed by atoms with Crippen LogP contribution in [0, 0.1) is 0 Å². The maximum Gasteiger partial charge on any atom is 0.335 e. The van der Waals surface area contributed by atoms with Gasteiger partial charge in [-0.15, -0.1) is 0 Å². The van der Waals surface area contributed by atoms with Gasteiger partial charge < -0.3 is 9.67 Å². The topological polar surface area (TPSA) is 42.2 Å². The predicted octanol–water partition coefficient (Wildman–Crippen LogP) is 3.22. The van der Waals surface area contributed by atoms with Gasteiger partial charge in [-0.1, -0.05) is 0 Å². The van der Waals surface area contributed by atoms with Crippen molar-refractivity contribution in [3.63, 3.8) is 0 Å². The lowest BCUT2D eigenvalue weighted by atomic mass is 10.1. The van der Waals surface area contributed by atoms with Crippen LogP contribution < -0.4 is 0 Å². The largest absolute Gasteiger partial charge is 0.478 e. The molecule has 4 heteroatoms. The molecule has 0 bridgehead atoms. The standard InChI is InChI=1S/C13H15NO2S/c1-3-14-11(8-17-2)7-10-6-9(13(15)16)4-5-12(10)14/h4-7H,3,8H2,1-2H3,(H,15,16). The van der Waals surface area contributed by atoms with Crippen LogP contribution in [0.15, 0.2) is 24.3 Å². The summed E-state index contributed by atoms with van der Waals surface area (Å²) in [5.41, 5.74) is 2.71. The zero-order valence-corrected chi connectivity index (χ0v) is 10.8. The first-order chi connectivity index (χ1) is 8.17. The number of rotatable bonds is 4. The van der Waals surface area contributed by atoms with E-state index in [1.165, 1.54) is 5.69 Å². The molecule has 1 aromatic carbocycles. The lowest BCUT2D eigenvalue weighted by molar-refractivity contribution is 0.0697. The number of carboxylic acid groups (broad SMARTS) is 1. The fourth-order valence-electron chi connectivity index (χ4n) is 2.10. The molecule has 0 radical (unpaired) electrons. The second-order valence-electron chi connectivity index (χ2n) is 3.89. The van der Waals surface area contributed by atoms with Crippen LogP contribution in [0.1, 0.15) is 23.0 Å². The van der Waals surface area contributed by atoms with E-state index in [1.807, 2.05) is 6.07 Å². The van der Waals surface area contributed by atoms with Gasteiger partial charge in [-0.3, -0.25) is 0 Å². The fraction of sp³-hybridized carbons (Fsp3) is 0.308. The van der Waals surface area contributed by atoms with Crippen molar-refractivity contribution in [2.75, 3.05) is 6.26 Å². The second-order valence-corrected chi connectivity index (χ2v) is 4.76. The summed E-state index contributed by atoms with van der Waals surface area (Å²) in [4.78, 5) is 10.9. The summed E-state index contributed by atoms with van der Waals surface area (Å²) < 4.78 is 2.23. The van der Waals surface area contributed by atoms with Crippen LogP contribution in [-0.2, 0) is 12.3 Å². The van der Waals surface area contributed by atoms with Gasteiger partial charge in [0.25, 0.3) is 0 Å². The summed E-state index contributed by atoms with van der Waals surface area (Å²) in [6.07, 6.45) is 2.07. The van der Waals surface area contributed by atoms with Crippen molar-refractivity contribution in [1.29, 1.82) is 0 Å². The van der Waals surface area contributed by atoms with Gasteiger partial charge in [0, 0.05) is 28.9 Å². The molecule has 1 N–H and O–H groups in total. The van der Waals surface area contributed by atoms with Crippen LogP contribution in [0.25, 0.3) is 10.9 Å². The quantitative estimate of drug-likeness (QED) is 0.904. The molecular formula is C13H15NO2S. The number of thioether (sulfide) groups is 1. The van der Waals surface area contributed by atoms with Gasteiger partial charge in [0.2, 0.25) is 0 Å². The van der Waals surface area contributed by atoms with Crippen LogP contribution >= 0.6 is 11.8 Å². The maximum atomic E-state index is 10.9. The summed E-state index contributed by atoms with van der Waals surface area (Å²) >= 11 is 1.77. The molecule has 0 saturated heterocycles. The SMILES string of the molecule is CCn1c(CSC)cc2cc(C(=O)O)ccc21. The van der Waals surface area contributed by atoms with Gasteiger partial charge in [0.15, 0.2) is 0 Å². The zero-order chi connectivity index (χ0) is 12.4. The normalized spacial score (nSPS) is 10.9. The number of benzene rings is 1. The van der Waals surface area contributed by atoms with Gasteiger partial charge in [0.05, 0.1) is 5.56 Å². The Kier molecular flexibility index (Phi) is 3.43. The Morgan fingerprint density at radius 1 is 1.41 bits per heavy atom. The highest BCUT2D eigenvalue weighted by molar-refractivity contribution is 7.97. The molecule has 0 aliphatic heterocycles. The first kappa shape index (κ1) is 12.0. The van der Waals surface area contributed by atoms with E-state index in [-0.39, 0.29) is 0 Å². The summed E-state index contributed by atoms with van der Waals surface area (Å²) in [7, 11) is 0. The van der Waals surface area contributed by atoms with E-state index in [2.05, 4.69) is 23.8 Å². The van der Waals surface area contributed by atoms with Gasteiger partial charge in [-0.25, -0.2) is 4.79 Å². The highest BCUT2D eigenvalue weighted by Crippen LogP contribution is 2.23. The molecule has 0 aliphatic carbocycles. The predicted molar refractivity (Wildman–Crippen MR) is 71.8 cm³/mol. The van der Waals surface area contributed by atoms with Gasteiger partial charge in [0.1, 0.15) is 0 Å². The number of carbonyl (C=O) groups is 1. The summed E-state index contributed by atoms with van der Waals surface area (Å²) in [6, 6.07) is 7.39. The number of carboxylic acids is 1. The monoisotopic (exact) mass is 249 g/mol. The molecule has 1 aromatic heterocycles. The summed E-state index contributed by atoms with van der Waals surface area (Å²) in [6.45, 7) is 3.01. The fourth-order valence-corrected chi connectivity index (χ4v) is 2.64. The van der Waals surface area contributed by atoms with E-state index in [9.17, 15) is 4.79 Å². The average molecular weight is 249 g/mol. The van der Waals surface area contributed by atoms with Crippen LogP contribution in [0.3, 0.4) is 0 Å². The number of aryl methyl sites for hydroxylation is 1. The van der Waals surface area contributed by atoms with Crippen molar-refractivity contribution in [1.82, 2.24) is 4.57 Å². The molecule has 17 heavy (non-hydrogen) atoms. The lowest BCUT2D eigenvalue weighted by Crippen LogP contribution is -1.99. The maximum absolute atomic E-state index is 10.9. The highest BCUT2D eigenvalue weighted by Gasteiger charge is 2.09. The molecule has 3 nitrogen and oxygen atoms in total. The Labute approximate surface area is 104 Å². The van der Waals surface area contributed by atoms with E-state index in [1.54, 1.807) is 23.9 Å². The van der Waals surface area contributed by atoms with Crippen molar-refractivity contribution in [3.05, 3.63) is 35.5 Å². The van der Waals surface area contributed by atoms with E-state index in [0.29, 0.717) is 5.56 Å². The number of aromatic nitrogens is 1. The molecule has 0 amide bonds. The third-order valence-corrected chi connectivity index (χ3v) is 3.43. The van der Waals surface area contributed by atoms with Gasteiger partial charge >= 0.3 is 5.97 Å². The van der Waals surface area contributed by atoms with Crippen LogP contribution in [0.2, 0.25) is 0 Å². The van der Waals surface area contributed by atoms with Crippen molar-refractivity contribution in [2.24, 2.45) is 0 Å². The van der Waals surface area contributed by atoms with Crippen molar-refractivity contribution in [2.45, 2.75) is 19.2 Å². The van der Waals surface area contributed by atoms with Crippen molar-refractivity contribution >= 4 is 28.6 Å². The summed E-state index contributed by atoms with van der Waals surface area (Å²) in [5, 5.41) is 9.98. The van der Waals surface area contributed by atoms with Crippen LogP contribution in [0.5, 0.6) is 0 Å². The minimum absolute atomic E-state index is 0.349. The average Bonchev–Trinajstić information content (AvgIpc) is 2.65. The molecule has 0 unspecified atom stereocenters. The number of hydrogen-bond donors (Lipinski definition) is 1. The third kappa shape index (κ3) is 2.17. The number of nitrogens with zero attached hydrogens (tertiary/aromatic N) is 1. The molecule has 90 valence electrons. The molecular weight excluding hydrogens is 234 g/mol. The van der Waals surface area contributed by atoms with E-state index >= 15 is 0 Å². The smallest absolute Gasteiger partial charge is 0.335 e. The van der Waals surface area contributed by atoms with Crippen LogP contribution in [0.4, 0.5) is 0 Å². The second kappa shape index (κ2) is 4.84. The molecule has 0 saturated carbocycles. The first-order valence-corrected chi connectivity index (χ1v) is 6.91. The molecule has 0 aliphatic rings. The molecule has 2 aromatic rings. The Bertz CT molecular complexity index is 560. The summed E-state index contributed by atoms with van der Waals surface area (Å²) in [5.74, 6) is 0.0767. The van der Waals surface area contributed by atoms with Crippen molar-refractivity contribution in [3.8, 4) is 0 Å². The van der Waals surface area contributed by atoms with E-state index in [0.717, 1.165) is 23.2 Å². The van der Waals surface area contributed by atoms with E-state index in [4.69, 9.17) is 5.11 Å². The Morgan fingerprint density at radius 3 is 2.76 bits per heavy atom. The van der Waals surface area contributed by atoms with E-state index < -0.39 is 5.97 Å². The minimum atomic E-state index is -0.873. The first-order valence-electron chi connectivity index (χ1n) is 5.51. The Hall–Kier alpha value is -1.42.